The maximum absolute atomic E-state index is 12.2. The summed E-state index contributed by atoms with van der Waals surface area (Å²) in [5.74, 6) is 0.815. The molecular weight excluding hydrogens is 284 g/mol. The third-order valence-corrected chi connectivity index (χ3v) is 3.76. The average Bonchev–Trinajstić information content (AvgIpc) is 3.16. The van der Waals surface area contributed by atoms with E-state index in [1.54, 1.807) is 11.2 Å². The molecule has 22 heavy (non-hydrogen) atoms. The normalized spacial score (nSPS) is 16.0. The highest BCUT2D eigenvalue weighted by Gasteiger charge is 2.31. The summed E-state index contributed by atoms with van der Waals surface area (Å²) >= 11 is 0. The van der Waals surface area contributed by atoms with Gasteiger partial charge < -0.3 is 19.4 Å². The van der Waals surface area contributed by atoms with Crippen LogP contribution in [0.2, 0.25) is 0 Å². The Balaban J connectivity index is 1.61. The van der Waals surface area contributed by atoms with Gasteiger partial charge in [0.2, 0.25) is 11.8 Å². The number of carbonyl (C=O) groups is 2. The Morgan fingerprint density at radius 3 is 3.05 bits per heavy atom. The minimum absolute atomic E-state index is 0.0659. The molecule has 122 valence electrons. The number of carbonyl (C=O) groups excluding carboxylic acids is 2. The molecule has 1 aliphatic heterocycles. The van der Waals surface area contributed by atoms with E-state index in [-0.39, 0.29) is 17.9 Å². The third kappa shape index (κ3) is 4.59. The lowest BCUT2D eigenvalue weighted by molar-refractivity contribution is -0.137. The molecule has 0 bridgehead atoms. The number of likely N-dealkylation sites (tertiary alicyclic amines) is 1. The molecule has 6 heteroatoms. The van der Waals surface area contributed by atoms with E-state index in [0.717, 1.165) is 18.6 Å². The minimum Gasteiger partial charge on any atom is -0.467 e. The fourth-order valence-corrected chi connectivity index (χ4v) is 2.62. The van der Waals surface area contributed by atoms with Crippen LogP contribution in [0.3, 0.4) is 0 Å². The zero-order chi connectivity index (χ0) is 15.8. The summed E-state index contributed by atoms with van der Waals surface area (Å²) in [5, 5.41) is 2.89. The molecule has 1 aromatic heterocycles. The highest BCUT2D eigenvalue weighted by molar-refractivity contribution is 5.88. The van der Waals surface area contributed by atoms with Crippen LogP contribution in [0.25, 0.3) is 0 Å². The van der Waals surface area contributed by atoms with Crippen molar-refractivity contribution in [3.05, 3.63) is 24.2 Å². The Kier molecular flexibility index (Phi) is 6.45. The van der Waals surface area contributed by atoms with Gasteiger partial charge in [0.1, 0.15) is 18.4 Å². The van der Waals surface area contributed by atoms with Crippen molar-refractivity contribution in [1.29, 1.82) is 0 Å². The van der Waals surface area contributed by atoms with Crippen LogP contribution >= 0.6 is 0 Å². The molecule has 0 aliphatic carbocycles. The summed E-state index contributed by atoms with van der Waals surface area (Å²) in [4.78, 5) is 25.6. The van der Waals surface area contributed by atoms with Gasteiger partial charge in [-0.1, -0.05) is 6.92 Å². The SMILES string of the molecule is CC[C@H](C(=O)NCCCOCc1ccco1)N1CCCC1=O. The zero-order valence-electron chi connectivity index (χ0n) is 13.0. The molecule has 2 heterocycles. The summed E-state index contributed by atoms with van der Waals surface area (Å²) < 4.78 is 10.6. The van der Waals surface area contributed by atoms with E-state index in [2.05, 4.69) is 5.32 Å². The van der Waals surface area contributed by atoms with Crippen LogP contribution in [0, 0.1) is 0 Å². The van der Waals surface area contributed by atoms with Crippen LogP contribution in [0.5, 0.6) is 0 Å². The van der Waals surface area contributed by atoms with Gasteiger partial charge in [0, 0.05) is 26.1 Å². The summed E-state index contributed by atoms with van der Waals surface area (Å²) in [6.07, 6.45) is 4.40. The van der Waals surface area contributed by atoms with Gasteiger partial charge in [-0.2, -0.15) is 0 Å². The molecule has 1 fully saturated rings. The second kappa shape index (κ2) is 8.58. The van der Waals surface area contributed by atoms with E-state index in [1.807, 2.05) is 19.1 Å². The lowest BCUT2D eigenvalue weighted by Gasteiger charge is -2.25. The van der Waals surface area contributed by atoms with Crippen LogP contribution in [0.15, 0.2) is 22.8 Å². The van der Waals surface area contributed by atoms with Crippen LogP contribution in [-0.4, -0.2) is 42.5 Å². The van der Waals surface area contributed by atoms with Crippen molar-refractivity contribution in [2.75, 3.05) is 19.7 Å². The first kappa shape index (κ1) is 16.5. The number of furan rings is 1. The standard InChI is InChI=1S/C16H24N2O4/c1-2-14(18-9-3-7-15(18)19)16(20)17-8-5-10-21-12-13-6-4-11-22-13/h4,6,11,14H,2-3,5,7-10,12H2,1H3,(H,17,20)/t14-/m1/s1. The topological polar surface area (TPSA) is 71.8 Å². The van der Waals surface area contributed by atoms with Gasteiger partial charge in [0.15, 0.2) is 0 Å². The zero-order valence-corrected chi connectivity index (χ0v) is 13.0. The van der Waals surface area contributed by atoms with Crippen LogP contribution in [0.4, 0.5) is 0 Å². The highest BCUT2D eigenvalue weighted by Crippen LogP contribution is 2.15. The number of rotatable bonds is 9. The van der Waals surface area contributed by atoms with Crippen LogP contribution in [0.1, 0.15) is 38.4 Å². The quantitative estimate of drug-likeness (QED) is 0.705. The Morgan fingerprint density at radius 1 is 1.55 bits per heavy atom. The number of ether oxygens (including phenoxy) is 1. The number of hydrogen-bond acceptors (Lipinski definition) is 4. The molecule has 1 N–H and O–H groups in total. The van der Waals surface area contributed by atoms with E-state index in [1.165, 1.54) is 0 Å². The van der Waals surface area contributed by atoms with Gasteiger partial charge in [-0.15, -0.1) is 0 Å². The molecule has 0 radical (unpaired) electrons. The fourth-order valence-electron chi connectivity index (χ4n) is 2.62. The molecule has 6 nitrogen and oxygen atoms in total. The van der Waals surface area contributed by atoms with Gasteiger partial charge in [-0.05, 0) is 31.4 Å². The largest absolute Gasteiger partial charge is 0.467 e. The third-order valence-electron chi connectivity index (χ3n) is 3.76. The highest BCUT2D eigenvalue weighted by atomic mass is 16.5. The monoisotopic (exact) mass is 308 g/mol. The van der Waals surface area contributed by atoms with Crippen molar-refractivity contribution in [1.82, 2.24) is 10.2 Å². The molecule has 1 saturated heterocycles. The first-order valence-electron chi connectivity index (χ1n) is 7.89. The molecule has 0 unspecified atom stereocenters. The van der Waals surface area contributed by atoms with Crippen molar-refractivity contribution < 1.29 is 18.7 Å². The van der Waals surface area contributed by atoms with E-state index < -0.39 is 0 Å². The van der Waals surface area contributed by atoms with Crippen molar-refractivity contribution in [2.24, 2.45) is 0 Å². The Morgan fingerprint density at radius 2 is 2.41 bits per heavy atom. The van der Waals surface area contributed by atoms with Gasteiger partial charge in [-0.25, -0.2) is 0 Å². The molecule has 1 aliphatic rings. The van der Waals surface area contributed by atoms with E-state index in [0.29, 0.717) is 39.1 Å². The lowest BCUT2D eigenvalue weighted by atomic mass is 10.2. The minimum atomic E-state index is -0.334. The number of nitrogens with zero attached hydrogens (tertiary/aromatic N) is 1. The van der Waals surface area contributed by atoms with Crippen LogP contribution in [-0.2, 0) is 20.9 Å². The van der Waals surface area contributed by atoms with Gasteiger partial charge in [0.05, 0.1) is 6.26 Å². The molecule has 1 aromatic rings. The maximum Gasteiger partial charge on any atom is 0.242 e. The molecule has 0 saturated carbocycles. The Bertz CT molecular complexity index is 473. The fraction of sp³-hybridized carbons (Fsp3) is 0.625. The summed E-state index contributed by atoms with van der Waals surface area (Å²) in [6, 6.07) is 3.35. The van der Waals surface area contributed by atoms with Crippen molar-refractivity contribution in [3.63, 3.8) is 0 Å². The van der Waals surface area contributed by atoms with E-state index in [4.69, 9.17) is 9.15 Å². The number of amides is 2. The molecule has 2 amide bonds. The Hall–Kier alpha value is -1.82. The maximum atomic E-state index is 12.2. The lowest BCUT2D eigenvalue weighted by Crippen LogP contribution is -2.47. The summed E-state index contributed by atoms with van der Waals surface area (Å²) in [6.45, 7) is 4.18. The van der Waals surface area contributed by atoms with Gasteiger partial charge >= 0.3 is 0 Å². The first-order chi connectivity index (χ1) is 10.7. The van der Waals surface area contributed by atoms with E-state index >= 15 is 0 Å². The van der Waals surface area contributed by atoms with Crippen molar-refractivity contribution in [2.45, 2.75) is 45.3 Å². The second-order valence-corrected chi connectivity index (χ2v) is 5.39. The van der Waals surface area contributed by atoms with Crippen molar-refractivity contribution >= 4 is 11.8 Å². The van der Waals surface area contributed by atoms with E-state index in [9.17, 15) is 9.59 Å². The smallest absolute Gasteiger partial charge is 0.242 e. The first-order valence-corrected chi connectivity index (χ1v) is 7.89. The number of nitrogens with one attached hydrogen (secondary N) is 1. The molecule has 2 rings (SSSR count). The molecule has 1 atom stereocenters. The van der Waals surface area contributed by atoms with Gasteiger partial charge in [-0.3, -0.25) is 9.59 Å². The molecular formula is C16H24N2O4. The average molecular weight is 308 g/mol. The van der Waals surface area contributed by atoms with Crippen molar-refractivity contribution in [3.8, 4) is 0 Å². The van der Waals surface area contributed by atoms with Gasteiger partial charge in [0.25, 0.3) is 0 Å². The summed E-state index contributed by atoms with van der Waals surface area (Å²) in [5.41, 5.74) is 0. The second-order valence-electron chi connectivity index (χ2n) is 5.39. The summed E-state index contributed by atoms with van der Waals surface area (Å²) in [7, 11) is 0. The molecule has 0 spiro atoms. The number of hydrogen-bond donors (Lipinski definition) is 1. The predicted molar refractivity (Wildman–Crippen MR) is 81.0 cm³/mol. The predicted octanol–water partition coefficient (Wildman–Crippen LogP) is 1.70. The van der Waals surface area contributed by atoms with Crippen LogP contribution < -0.4 is 5.32 Å². The molecule has 0 aromatic carbocycles. The Labute approximate surface area is 130 Å².